The van der Waals surface area contributed by atoms with Gasteiger partial charge in [0.05, 0.1) is 0 Å². The predicted octanol–water partition coefficient (Wildman–Crippen LogP) is 2.45. The third-order valence-corrected chi connectivity index (χ3v) is 3.29. The predicted molar refractivity (Wildman–Crippen MR) is 66.0 cm³/mol. The molecule has 0 N–H and O–H groups in total. The summed E-state index contributed by atoms with van der Waals surface area (Å²) in [6.07, 6.45) is 2.37. The van der Waals surface area contributed by atoms with Gasteiger partial charge >= 0.3 is 0 Å². The summed E-state index contributed by atoms with van der Waals surface area (Å²) < 4.78 is 0. The van der Waals surface area contributed by atoms with E-state index in [0.717, 1.165) is 12.8 Å². The molecule has 90 valence electrons. The fourth-order valence-corrected chi connectivity index (χ4v) is 2.21. The Morgan fingerprint density at radius 1 is 1.24 bits per heavy atom. The molecule has 2 amide bonds. The summed E-state index contributed by atoms with van der Waals surface area (Å²) in [6, 6.07) is 8.83. The Morgan fingerprint density at radius 3 is 2.65 bits per heavy atom. The van der Waals surface area contributed by atoms with Gasteiger partial charge in [0.2, 0.25) is 5.91 Å². The maximum atomic E-state index is 12.2. The van der Waals surface area contributed by atoms with Crippen LogP contribution in [0, 0.1) is 0 Å². The van der Waals surface area contributed by atoms with Gasteiger partial charge in [0, 0.05) is 12.1 Å². The molecular weight excluding hydrogens is 238 g/mol. The molecule has 0 bridgehead atoms. The summed E-state index contributed by atoms with van der Waals surface area (Å²) in [6.45, 7) is 0.468. The van der Waals surface area contributed by atoms with Gasteiger partial charge in [-0.1, -0.05) is 18.2 Å². The molecule has 0 aliphatic carbocycles. The number of amides is 2. The molecule has 0 radical (unpaired) electrons. The van der Waals surface area contributed by atoms with Crippen LogP contribution in [-0.4, -0.2) is 28.6 Å². The Kier molecular flexibility index (Phi) is 3.79. The Hall–Kier alpha value is -1.35. The molecule has 0 aromatic heterocycles. The third-order valence-electron chi connectivity index (χ3n) is 2.89. The van der Waals surface area contributed by atoms with Crippen LogP contribution in [0.2, 0.25) is 0 Å². The van der Waals surface area contributed by atoms with Gasteiger partial charge in [-0.25, -0.2) is 0 Å². The lowest BCUT2D eigenvalue weighted by Crippen LogP contribution is -2.40. The Labute approximate surface area is 105 Å². The molecule has 1 heterocycles. The number of imide groups is 1. The van der Waals surface area contributed by atoms with Crippen molar-refractivity contribution in [3.05, 3.63) is 35.9 Å². The lowest BCUT2D eigenvalue weighted by molar-refractivity contribution is -0.127. The van der Waals surface area contributed by atoms with Crippen molar-refractivity contribution < 1.29 is 9.59 Å². The SMILES string of the molecule is O=C(c1ccccc1)N1CCCC[C@@H](Cl)C1=O. The number of benzene rings is 1. The Morgan fingerprint density at radius 2 is 1.94 bits per heavy atom. The van der Waals surface area contributed by atoms with Crippen LogP contribution in [0.15, 0.2) is 30.3 Å². The molecule has 1 fully saturated rings. The van der Waals surface area contributed by atoms with Gasteiger partial charge in [0.15, 0.2) is 0 Å². The number of rotatable bonds is 1. The molecule has 4 heteroatoms. The normalized spacial score (nSPS) is 21.1. The highest BCUT2D eigenvalue weighted by atomic mass is 35.5. The van der Waals surface area contributed by atoms with E-state index in [1.807, 2.05) is 6.07 Å². The molecule has 1 atom stereocenters. The van der Waals surface area contributed by atoms with E-state index in [0.29, 0.717) is 18.5 Å². The molecule has 1 aromatic rings. The van der Waals surface area contributed by atoms with E-state index in [9.17, 15) is 9.59 Å². The quantitative estimate of drug-likeness (QED) is 0.568. The van der Waals surface area contributed by atoms with Crippen molar-refractivity contribution in [1.29, 1.82) is 0 Å². The molecule has 1 saturated heterocycles. The van der Waals surface area contributed by atoms with Crippen molar-refractivity contribution >= 4 is 23.4 Å². The monoisotopic (exact) mass is 251 g/mol. The van der Waals surface area contributed by atoms with Gasteiger partial charge < -0.3 is 0 Å². The van der Waals surface area contributed by atoms with Crippen LogP contribution in [0.25, 0.3) is 0 Å². The van der Waals surface area contributed by atoms with Crippen LogP contribution in [0.5, 0.6) is 0 Å². The zero-order valence-electron chi connectivity index (χ0n) is 9.43. The number of carbonyl (C=O) groups excluding carboxylic acids is 2. The second kappa shape index (κ2) is 5.32. The number of hydrogen-bond donors (Lipinski definition) is 0. The standard InChI is InChI=1S/C13H14ClNO2/c14-11-8-4-5-9-15(13(11)17)12(16)10-6-2-1-3-7-10/h1-3,6-7,11H,4-5,8-9H2/t11-/m1/s1. The van der Waals surface area contributed by atoms with E-state index in [1.165, 1.54) is 4.90 Å². The number of likely N-dealkylation sites (tertiary alicyclic amines) is 1. The van der Waals surface area contributed by atoms with Crippen molar-refractivity contribution in [2.75, 3.05) is 6.54 Å². The smallest absolute Gasteiger partial charge is 0.260 e. The molecular formula is C13H14ClNO2. The summed E-state index contributed by atoms with van der Waals surface area (Å²) in [5.74, 6) is -0.513. The highest BCUT2D eigenvalue weighted by Gasteiger charge is 2.29. The average Bonchev–Trinajstić information content (AvgIpc) is 2.53. The van der Waals surface area contributed by atoms with Gasteiger partial charge in [0.25, 0.3) is 5.91 Å². The zero-order valence-corrected chi connectivity index (χ0v) is 10.2. The van der Waals surface area contributed by atoms with E-state index in [2.05, 4.69) is 0 Å². The first kappa shape index (κ1) is 12.1. The summed E-state index contributed by atoms with van der Waals surface area (Å²) in [4.78, 5) is 25.4. The Balaban J connectivity index is 2.21. The number of carbonyl (C=O) groups is 2. The van der Waals surface area contributed by atoms with E-state index < -0.39 is 5.38 Å². The van der Waals surface area contributed by atoms with Gasteiger partial charge in [-0.15, -0.1) is 11.6 Å². The summed E-state index contributed by atoms with van der Waals surface area (Å²) >= 11 is 5.95. The third kappa shape index (κ3) is 2.67. The molecule has 17 heavy (non-hydrogen) atoms. The summed E-state index contributed by atoms with van der Waals surface area (Å²) in [5.41, 5.74) is 0.534. The summed E-state index contributed by atoms with van der Waals surface area (Å²) in [5, 5.41) is -0.565. The van der Waals surface area contributed by atoms with Crippen molar-refractivity contribution in [3.63, 3.8) is 0 Å². The summed E-state index contributed by atoms with van der Waals surface area (Å²) in [7, 11) is 0. The van der Waals surface area contributed by atoms with Gasteiger partial charge in [-0.2, -0.15) is 0 Å². The minimum Gasteiger partial charge on any atom is -0.277 e. The van der Waals surface area contributed by atoms with Crippen LogP contribution < -0.4 is 0 Å². The minimum absolute atomic E-state index is 0.247. The van der Waals surface area contributed by atoms with Crippen LogP contribution in [0.3, 0.4) is 0 Å². The molecule has 0 spiro atoms. The first-order valence-electron chi connectivity index (χ1n) is 5.75. The van der Waals surface area contributed by atoms with Crippen LogP contribution in [-0.2, 0) is 4.79 Å². The number of nitrogens with zero attached hydrogens (tertiary/aromatic N) is 1. The first-order valence-corrected chi connectivity index (χ1v) is 6.18. The lowest BCUT2D eigenvalue weighted by atomic mass is 10.2. The first-order chi connectivity index (χ1) is 8.20. The van der Waals surface area contributed by atoms with Crippen LogP contribution in [0.1, 0.15) is 29.6 Å². The van der Waals surface area contributed by atoms with Crippen molar-refractivity contribution in [3.8, 4) is 0 Å². The highest BCUT2D eigenvalue weighted by molar-refractivity contribution is 6.32. The largest absolute Gasteiger partial charge is 0.277 e. The zero-order chi connectivity index (χ0) is 12.3. The van der Waals surface area contributed by atoms with E-state index >= 15 is 0 Å². The van der Waals surface area contributed by atoms with Crippen molar-refractivity contribution in [2.45, 2.75) is 24.6 Å². The topological polar surface area (TPSA) is 37.4 Å². The van der Waals surface area contributed by atoms with Crippen LogP contribution in [0.4, 0.5) is 0 Å². The molecule has 0 saturated carbocycles. The van der Waals surface area contributed by atoms with E-state index in [4.69, 9.17) is 11.6 Å². The number of hydrogen-bond acceptors (Lipinski definition) is 2. The lowest BCUT2D eigenvalue weighted by Gasteiger charge is -2.20. The van der Waals surface area contributed by atoms with Crippen molar-refractivity contribution in [1.82, 2.24) is 4.90 Å². The molecule has 1 aliphatic heterocycles. The fourth-order valence-electron chi connectivity index (χ4n) is 1.93. The molecule has 1 aromatic carbocycles. The maximum Gasteiger partial charge on any atom is 0.260 e. The average molecular weight is 252 g/mol. The van der Waals surface area contributed by atoms with Gasteiger partial charge in [0.1, 0.15) is 5.38 Å². The van der Waals surface area contributed by atoms with Crippen LogP contribution >= 0.6 is 11.6 Å². The Bertz CT molecular complexity index is 419. The second-order valence-corrected chi connectivity index (χ2v) is 4.65. The minimum atomic E-state index is -0.565. The molecule has 3 nitrogen and oxygen atoms in total. The van der Waals surface area contributed by atoms with Gasteiger partial charge in [-0.3, -0.25) is 14.5 Å². The molecule has 1 aliphatic rings. The molecule has 0 unspecified atom stereocenters. The maximum absolute atomic E-state index is 12.2. The fraction of sp³-hybridized carbons (Fsp3) is 0.385. The van der Waals surface area contributed by atoms with Crippen molar-refractivity contribution in [2.24, 2.45) is 0 Å². The van der Waals surface area contributed by atoms with E-state index in [1.54, 1.807) is 24.3 Å². The number of alkyl halides is 1. The molecule has 2 rings (SSSR count). The van der Waals surface area contributed by atoms with Gasteiger partial charge in [-0.05, 0) is 31.4 Å². The second-order valence-electron chi connectivity index (χ2n) is 4.12. The number of halogens is 1. The van der Waals surface area contributed by atoms with E-state index in [-0.39, 0.29) is 11.8 Å². The highest BCUT2D eigenvalue weighted by Crippen LogP contribution is 2.18.